The fraction of sp³-hybridized carbons (Fsp3) is 0. The van der Waals surface area contributed by atoms with Gasteiger partial charge < -0.3 is 0 Å². The van der Waals surface area contributed by atoms with E-state index >= 15 is 0 Å². The van der Waals surface area contributed by atoms with Crippen molar-refractivity contribution in [1.29, 1.82) is 0 Å². The minimum Gasteiger partial charge on any atom is -0.197 e. The molecule has 0 aliphatic heterocycles. The molecule has 0 aromatic heterocycles. The summed E-state index contributed by atoms with van der Waals surface area (Å²) in [6.07, 6.45) is 0. The Labute approximate surface area is 128 Å². The summed E-state index contributed by atoms with van der Waals surface area (Å²) >= 11 is 0. The molecule has 0 atom stereocenters. The Hall–Kier alpha value is 4.05. The molecular weight excluding hydrogens is 451 g/mol. The number of rotatable bonds is 0. The molecular formula is H2AlCuGaInSSeZn. The van der Waals surface area contributed by atoms with E-state index in [1.807, 2.05) is 0 Å². The van der Waals surface area contributed by atoms with Crippen LogP contribution in [0.4, 0.5) is 0 Å². The van der Waals surface area contributed by atoms with Gasteiger partial charge in [0.05, 0.1) is 0 Å². The average molecular weight is 454 g/mol. The average Bonchev–Trinajstić information content (AvgIpc) is 0. The van der Waals surface area contributed by atoms with Crippen LogP contribution < -0.4 is 0 Å². The van der Waals surface area contributed by atoms with Gasteiger partial charge in [-0.25, -0.2) is 0 Å². The third-order valence-corrected chi connectivity index (χ3v) is 0. The molecule has 0 aromatic rings. The molecule has 36 valence electrons. The van der Waals surface area contributed by atoms with Crippen molar-refractivity contribution in [1.82, 2.24) is 0 Å². The van der Waals surface area contributed by atoms with Crippen LogP contribution in [0.3, 0.4) is 0 Å². The van der Waals surface area contributed by atoms with Crippen LogP contribution in [0.5, 0.6) is 0 Å². The van der Waals surface area contributed by atoms with Crippen LogP contribution in [0.2, 0.25) is 0 Å². The van der Waals surface area contributed by atoms with Gasteiger partial charge in [-0.15, -0.1) is 0 Å². The topological polar surface area (TPSA) is 0 Å². The summed E-state index contributed by atoms with van der Waals surface area (Å²) < 4.78 is 0. The van der Waals surface area contributed by atoms with Crippen LogP contribution in [0, 0.1) is 0 Å². The maximum absolute atomic E-state index is 0. The zero-order valence-corrected chi connectivity index (χ0v) is 17.1. The maximum atomic E-state index is 0. The molecule has 0 saturated heterocycles. The van der Waals surface area contributed by atoms with Crippen molar-refractivity contribution >= 4 is 93.6 Å². The minimum atomic E-state index is 0. The van der Waals surface area contributed by atoms with Crippen molar-refractivity contribution in [3.63, 3.8) is 0 Å². The first-order valence-electron chi connectivity index (χ1n) is 0. The van der Waals surface area contributed by atoms with Gasteiger partial charge in [0.15, 0.2) is 0 Å². The molecule has 0 spiro atoms. The molecule has 7 heteroatoms. The fourth-order valence-electron chi connectivity index (χ4n) is 0. The van der Waals surface area contributed by atoms with E-state index in [4.69, 9.17) is 0 Å². The van der Waals surface area contributed by atoms with E-state index in [0.29, 0.717) is 0 Å². The molecule has 0 aliphatic carbocycles. The Morgan fingerprint density at radius 2 is 1.00 bits per heavy atom. The van der Waals surface area contributed by atoms with Crippen molar-refractivity contribution in [2.75, 3.05) is 0 Å². The van der Waals surface area contributed by atoms with E-state index in [-0.39, 0.29) is 130 Å². The molecule has 0 aliphatic rings. The standard InChI is InChI=1S/Al.Cu.Ga.In.H2S.Se.Zn/h;;;;1H2;;. The predicted molar refractivity (Wildman–Crippen MR) is 33.4 cm³/mol. The number of hydrogen-bond acceptors (Lipinski definition) is 0. The van der Waals surface area contributed by atoms with Gasteiger partial charge in [-0.3, -0.25) is 0 Å². The second-order valence-corrected chi connectivity index (χ2v) is 0. The molecule has 0 unspecified atom stereocenters. The van der Waals surface area contributed by atoms with E-state index < -0.39 is 0 Å². The first kappa shape index (κ1) is 68.0. The largest absolute Gasteiger partial charge is 0.197 e. The molecule has 0 aromatic carbocycles. The third kappa shape index (κ3) is 39.7. The summed E-state index contributed by atoms with van der Waals surface area (Å²) in [5.41, 5.74) is 0. The van der Waals surface area contributed by atoms with Crippen molar-refractivity contribution < 1.29 is 36.5 Å². The summed E-state index contributed by atoms with van der Waals surface area (Å²) in [4.78, 5) is 0. The molecule has 0 bridgehead atoms. The second kappa shape index (κ2) is 50.2. The van der Waals surface area contributed by atoms with Gasteiger partial charge in [0.1, 0.15) is 0 Å². The number of hydrogen-bond donors (Lipinski definition) is 0. The first-order valence-corrected chi connectivity index (χ1v) is 0. The molecule has 0 fully saturated rings. The smallest absolute Gasteiger partial charge is 0 e. The third-order valence-electron chi connectivity index (χ3n) is 0. The molecule has 0 amide bonds. The van der Waals surface area contributed by atoms with E-state index in [2.05, 4.69) is 0 Å². The second-order valence-electron chi connectivity index (χ2n) is 0. The normalized spacial score (nSPS) is 0. The molecule has 0 N–H and O–H groups in total. The SMILES string of the molecule is S.[Al].[Cu].[Ga].[In].[Se].[Zn]. The summed E-state index contributed by atoms with van der Waals surface area (Å²) in [7, 11) is 0. The van der Waals surface area contributed by atoms with Crippen LogP contribution in [0.25, 0.3) is 0 Å². The zero-order valence-electron chi connectivity index (χ0n) is 3.65. The van der Waals surface area contributed by atoms with Crippen LogP contribution in [-0.2, 0) is 36.5 Å². The Morgan fingerprint density at radius 3 is 1.00 bits per heavy atom. The Kier molecular flexibility index (Phi) is 488. The van der Waals surface area contributed by atoms with Crippen LogP contribution in [0.15, 0.2) is 0 Å². The summed E-state index contributed by atoms with van der Waals surface area (Å²) in [6.45, 7) is 0. The molecule has 0 rings (SSSR count). The van der Waals surface area contributed by atoms with Crippen molar-refractivity contribution in [3.8, 4) is 0 Å². The molecule has 7 heavy (non-hydrogen) atoms. The van der Waals surface area contributed by atoms with Gasteiger partial charge in [0.2, 0.25) is 0 Å². The van der Waals surface area contributed by atoms with Gasteiger partial charge in [-0.2, -0.15) is 13.5 Å². The monoisotopic (exact) mass is 452 g/mol. The Bertz CT molecular complexity index is 19.7. The first-order chi connectivity index (χ1) is 0. The van der Waals surface area contributed by atoms with Gasteiger partial charge in [0.25, 0.3) is 0 Å². The molecule has 0 nitrogen and oxygen atoms in total. The van der Waals surface area contributed by atoms with E-state index in [1.54, 1.807) is 0 Å². The van der Waals surface area contributed by atoms with Crippen molar-refractivity contribution in [2.24, 2.45) is 0 Å². The van der Waals surface area contributed by atoms with Crippen LogP contribution in [-0.4, -0.2) is 80.1 Å². The van der Waals surface area contributed by atoms with Gasteiger partial charge >= 0.3 is 0 Å². The van der Waals surface area contributed by atoms with Crippen molar-refractivity contribution in [3.05, 3.63) is 0 Å². The minimum absolute atomic E-state index is 0. The van der Waals surface area contributed by atoms with E-state index in [0.717, 1.165) is 0 Å². The van der Waals surface area contributed by atoms with Gasteiger partial charge in [-0.05, 0) is 0 Å². The maximum Gasteiger partial charge on any atom is 0 e. The quantitative estimate of drug-likeness (QED) is 0.396. The summed E-state index contributed by atoms with van der Waals surface area (Å²) in [6, 6.07) is 0. The fourth-order valence-corrected chi connectivity index (χ4v) is 0. The molecule has 0 saturated carbocycles. The Morgan fingerprint density at radius 1 is 1.00 bits per heavy atom. The summed E-state index contributed by atoms with van der Waals surface area (Å²) in [5, 5.41) is 0. The van der Waals surface area contributed by atoms with Crippen LogP contribution in [0.1, 0.15) is 0 Å². The molecule has 0 heterocycles. The Balaban J connectivity index is 0. The van der Waals surface area contributed by atoms with Crippen LogP contribution >= 0.6 is 13.5 Å². The zero-order chi connectivity index (χ0) is 0. The van der Waals surface area contributed by atoms with Crippen molar-refractivity contribution in [2.45, 2.75) is 0 Å². The van der Waals surface area contributed by atoms with Gasteiger partial charge in [0, 0.05) is 117 Å². The van der Waals surface area contributed by atoms with E-state index in [9.17, 15) is 0 Å². The van der Waals surface area contributed by atoms with E-state index in [1.165, 1.54) is 0 Å². The summed E-state index contributed by atoms with van der Waals surface area (Å²) in [5.74, 6) is 0. The predicted octanol–water partition coefficient (Wildman–Crippen LogP) is -1.42. The van der Waals surface area contributed by atoms with Gasteiger partial charge in [-0.1, -0.05) is 0 Å². The molecule has 12 radical (unpaired) electrons.